The van der Waals surface area contributed by atoms with Crippen molar-refractivity contribution in [2.75, 3.05) is 19.1 Å². The van der Waals surface area contributed by atoms with E-state index in [1.807, 2.05) is 6.92 Å². The van der Waals surface area contributed by atoms with E-state index < -0.39 is 0 Å². The maximum atomic E-state index is 12.0. The van der Waals surface area contributed by atoms with Crippen LogP contribution < -0.4 is 0 Å². The van der Waals surface area contributed by atoms with Crippen LogP contribution in [0.2, 0.25) is 5.15 Å². The molecule has 1 heterocycles. The summed E-state index contributed by atoms with van der Waals surface area (Å²) in [5, 5.41) is 0.291. The predicted octanol–water partition coefficient (Wildman–Crippen LogP) is 2.34. The van der Waals surface area contributed by atoms with Crippen molar-refractivity contribution in [1.82, 2.24) is 14.9 Å². The Labute approximate surface area is 111 Å². The molecule has 1 rings (SSSR count). The number of aromatic nitrogens is 2. The summed E-state index contributed by atoms with van der Waals surface area (Å²) in [6.07, 6.45) is 5.81. The molecule has 0 radical (unpaired) electrons. The highest BCUT2D eigenvalue weighted by molar-refractivity contribution is 7.98. The lowest BCUT2D eigenvalue weighted by atomic mass is 10.2. The van der Waals surface area contributed by atoms with E-state index in [-0.39, 0.29) is 11.9 Å². The van der Waals surface area contributed by atoms with Crippen molar-refractivity contribution in [2.45, 2.75) is 19.4 Å². The van der Waals surface area contributed by atoms with E-state index in [2.05, 4.69) is 16.2 Å². The number of nitrogens with zero attached hydrogens (tertiary/aromatic N) is 3. The third-order valence-corrected chi connectivity index (χ3v) is 3.40. The Balaban J connectivity index is 2.65. The van der Waals surface area contributed by atoms with E-state index in [0.717, 1.165) is 12.2 Å². The Morgan fingerprint density at radius 3 is 2.76 bits per heavy atom. The Hall–Kier alpha value is -0.810. The topological polar surface area (TPSA) is 46.1 Å². The zero-order valence-corrected chi connectivity index (χ0v) is 11.8. The maximum absolute atomic E-state index is 12.0. The molecule has 0 saturated carbocycles. The number of halogens is 1. The number of carbonyl (C=O) groups excluding carboxylic acids is 1. The van der Waals surface area contributed by atoms with E-state index in [1.54, 1.807) is 23.7 Å². The van der Waals surface area contributed by atoms with E-state index in [4.69, 9.17) is 11.6 Å². The van der Waals surface area contributed by atoms with E-state index >= 15 is 0 Å². The lowest BCUT2D eigenvalue weighted by molar-refractivity contribution is 0.0735. The van der Waals surface area contributed by atoms with Crippen LogP contribution in [0.15, 0.2) is 12.4 Å². The third kappa shape index (κ3) is 4.16. The van der Waals surface area contributed by atoms with Gasteiger partial charge in [-0.2, -0.15) is 11.8 Å². The minimum absolute atomic E-state index is 0.122. The molecule has 0 fully saturated rings. The van der Waals surface area contributed by atoms with Crippen LogP contribution in [0, 0.1) is 0 Å². The number of hydrogen-bond donors (Lipinski definition) is 0. The molecule has 1 amide bonds. The van der Waals surface area contributed by atoms with Crippen LogP contribution in [0.5, 0.6) is 0 Å². The molecule has 1 aromatic rings. The van der Waals surface area contributed by atoms with Crippen molar-refractivity contribution in [2.24, 2.45) is 0 Å². The van der Waals surface area contributed by atoms with Crippen LogP contribution in [0.3, 0.4) is 0 Å². The van der Waals surface area contributed by atoms with Crippen molar-refractivity contribution in [3.05, 3.63) is 23.2 Å². The second-order valence-corrected chi connectivity index (χ2v) is 5.14. The third-order valence-electron chi connectivity index (χ3n) is 2.56. The quantitative estimate of drug-likeness (QED) is 0.826. The Morgan fingerprint density at radius 1 is 1.53 bits per heavy atom. The largest absolute Gasteiger partial charge is 0.338 e. The molecular formula is C11H16ClN3OS. The van der Waals surface area contributed by atoms with Crippen molar-refractivity contribution in [1.29, 1.82) is 0 Å². The monoisotopic (exact) mass is 273 g/mol. The van der Waals surface area contributed by atoms with Crippen molar-refractivity contribution in [3.63, 3.8) is 0 Å². The lowest BCUT2D eigenvalue weighted by Crippen LogP contribution is -2.36. The van der Waals surface area contributed by atoms with Gasteiger partial charge in [-0.25, -0.2) is 9.97 Å². The summed E-state index contributed by atoms with van der Waals surface area (Å²) in [5.74, 6) is 0.910. The Morgan fingerprint density at radius 2 is 2.24 bits per heavy atom. The predicted molar refractivity (Wildman–Crippen MR) is 71.6 cm³/mol. The highest BCUT2D eigenvalue weighted by Gasteiger charge is 2.18. The van der Waals surface area contributed by atoms with E-state index in [9.17, 15) is 4.79 Å². The summed E-state index contributed by atoms with van der Waals surface area (Å²) in [4.78, 5) is 21.5. The summed E-state index contributed by atoms with van der Waals surface area (Å²) in [7, 11) is 1.78. The summed E-state index contributed by atoms with van der Waals surface area (Å²) in [6, 6.07) is 0.187. The maximum Gasteiger partial charge on any atom is 0.274 e. The molecule has 17 heavy (non-hydrogen) atoms. The Kier molecular flexibility index (Phi) is 5.71. The highest BCUT2D eigenvalue weighted by atomic mass is 35.5. The summed E-state index contributed by atoms with van der Waals surface area (Å²) < 4.78 is 0. The minimum atomic E-state index is -0.122. The summed E-state index contributed by atoms with van der Waals surface area (Å²) in [5.41, 5.74) is 0.327. The highest BCUT2D eigenvalue weighted by Crippen LogP contribution is 2.10. The molecule has 1 aromatic heterocycles. The molecule has 1 atom stereocenters. The van der Waals surface area contributed by atoms with E-state index in [0.29, 0.717) is 10.8 Å². The van der Waals surface area contributed by atoms with Crippen molar-refractivity contribution < 1.29 is 4.79 Å². The molecular weight excluding hydrogens is 258 g/mol. The van der Waals surface area contributed by atoms with Gasteiger partial charge in [0.15, 0.2) is 0 Å². The van der Waals surface area contributed by atoms with Gasteiger partial charge in [-0.3, -0.25) is 4.79 Å². The van der Waals surface area contributed by atoms with Gasteiger partial charge in [-0.1, -0.05) is 11.6 Å². The van der Waals surface area contributed by atoms with Crippen LogP contribution >= 0.6 is 23.4 Å². The van der Waals surface area contributed by atoms with Gasteiger partial charge in [0, 0.05) is 13.1 Å². The smallest absolute Gasteiger partial charge is 0.274 e. The molecule has 0 aliphatic carbocycles. The molecule has 0 aliphatic rings. The first-order valence-electron chi connectivity index (χ1n) is 5.30. The molecule has 0 saturated heterocycles. The fourth-order valence-electron chi connectivity index (χ4n) is 1.29. The van der Waals surface area contributed by atoms with Crippen LogP contribution in [-0.2, 0) is 0 Å². The van der Waals surface area contributed by atoms with Crippen molar-refractivity contribution >= 4 is 29.3 Å². The minimum Gasteiger partial charge on any atom is -0.338 e. The standard InChI is InChI=1S/C11H16ClN3OS/c1-8(4-5-17-3)15(2)11(16)9-6-14-10(12)7-13-9/h6-8H,4-5H2,1-3H3. The van der Waals surface area contributed by atoms with Gasteiger partial charge in [-0.15, -0.1) is 0 Å². The average molecular weight is 274 g/mol. The van der Waals surface area contributed by atoms with Gasteiger partial charge in [0.1, 0.15) is 10.8 Å². The number of thioether (sulfide) groups is 1. The number of carbonyl (C=O) groups is 1. The van der Waals surface area contributed by atoms with Gasteiger partial charge in [0.25, 0.3) is 5.91 Å². The van der Waals surface area contributed by atoms with Gasteiger partial charge in [0.05, 0.1) is 12.4 Å². The first kappa shape index (κ1) is 14.3. The zero-order valence-electron chi connectivity index (χ0n) is 10.2. The SMILES string of the molecule is CSCCC(C)N(C)C(=O)c1cnc(Cl)cn1. The number of rotatable bonds is 5. The molecule has 0 spiro atoms. The first-order chi connectivity index (χ1) is 8.06. The molecule has 0 aromatic carbocycles. The number of amides is 1. The van der Waals surface area contributed by atoms with Crippen LogP contribution in [0.1, 0.15) is 23.8 Å². The zero-order chi connectivity index (χ0) is 12.8. The molecule has 0 bridgehead atoms. The molecule has 0 N–H and O–H groups in total. The molecule has 0 aliphatic heterocycles. The fourth-order valence-corrected chi connectivity index (χ4v) is 1.96. The van der Waals surface area contributed by atoms with Gasteiger partial charge in [-0.05, 0) is 25.4 Å². The number of hydrogen-bond acceptors (Lipinski definition) is 4. The molecule has 94 valence electrons. The Bertz CT molecular complexity index is 371. The second kappa shape index (κ2) is 6.81. The fraction of sp³-hybridized carbons (Fsp3) is 0.545. The van der Waals surface area contributed by atoms with E-state index in [1.165, 1.54) is 12.4 Å². The average Bonchev–Trinajstić information content (AvgIpc) is 2.35. The molecule has 6 heteroatoms. The molecule has 4 nitrogen and oxygen atoms in total. The summed E-state index contributed by atoms with van der Waals surface area (Å²) in [6.45, 7) is 2.03. The second-order valence-electron chi connectivity index (χ2n) is 3.77. The first-order valence-corrected chi connectivity index (χ1v) is 7.07. The lowest BCUT2D eigenvalue weighted by Gasteiger charge is -2.24. The van der Waals surface area contributed by atoms with Gasteiger partial charge in [0.2, 0.25) is 0 Å². The van der Waals surface area contributed by atoms with Crippen molar-refractivity contribution in [3.8, 4) is 0 Å². The van der Waals surface area contributed by atoms with Gasteiger partial charge >= 0.3 is 0 Å². The van der Waals surface area contributed by atoms with Crippen LogP contribution in [0.25, 0.3) is 0 Å². The van der Waals surface area contributed by atoms with Crippen LogP contribution in [-0.4, -0.2) is 45.9 Å². The van der Waals surface area contributed by atoms with Gasteiger partial charge < -0.3 is 4.90 Å². The summed E-state index contributed by atoms with van der Waals surface area (Å²) >= 11 is 7.40. The molecule has 1 unspecified atom stereocenters. The normalized spacial score (nSPS) is 12.2. The van der Waals surface area contributed by atoms with Crippen LogP contribution in [0.4, 0.5) is 0 Å².